The number of pyridine rings is 1. The van der Waals surface area contributed by atoms with E-state index in [-0.39, 0.29) is 0 Å². The third-order valence-electron chi connectivity index (χ3n) is 2.66. The molecule has 0 amide bonds. The maximum absolute atomic E-state index is 5.01. The van der Waals surface area contributed by atoms with E-state index in [2.05, 4.69) is 19.9 Å². The van der Waals surface area contributed by atoms with Crippen LogP contribution in [0.25, 0.3) is 0 Å². The first-order chi connectivity index (χ1) is 8.88. The minimum atomic E-state index is 0.652. The molecule has 2 heterocycles. The first-order valence-electron chi connectivity index (χ1n) is 6.04. The molecule has 0 radical (unpaired) electrons. The molecule has 0 atom stereocenters. The van der Waals surface area contributed by atoms with Gasteiger partial charge in [-0.25, -0.2) is 9.97 Å². The second kappa shape index (κ2) is 6.76. The summed E-state index contributed by atoms with van der Waals surface area (Å²) >= 11 is 0. The second-order valence-electron chi connectivity index (χ2n) is 4.04. The van der Waals surface area contributed by atoms with Crippen LogP contribution < -0.4 is 10.1 Å². The number of nitrogens with one attached hydrogen (secondary N) is 1. The van der Waals surface area contributed by atoms with E-state index in [9.17, 15) is 0 Å². The van der Waals surface area contributed by atoms with Crippen molar-refractivity contribution < 1.29 is 4.74 Å². The molecule has 0 saturated carbocycles. The summed E-state index contributed by atoms with van der Waals surface area (Å²) in [5.74, 6) is 0.652. The molecule has 0 unspecified atom stereocenters. The molecular weight excluding hydrogens is 228 g/mol. The summed E-state index contributed by atoms with van der Waals surface area (Å²) in [4.78, 5) is 8.17. The number of aryl methyl sites for hydroxylation is 1. The van der Waals surface area contributed by atoms with Crippen LogP contribution in [0.4, 0.5) is 0 Å². The molecule has 5 nitrogen and oxygen atoms in total. The third-order valence-corrected chi connectivity index (χ3v) is 2.66. The highest BCUT2D eigenvalue weighted by Crippen LogP contribution is 2.06. The van der Waals surface area contributed by atoms with Gasteiger partial charge in [0.05, 0.1) is 13.4 Å². The second-order valence-corrected chi connectivity index (χ2v) is 4.04. The zero-order valence-electron chi connectivity index (χ0n) is 10.5. The van der Waals surface area contributed by atoms with E-state index in [0.717, 1.165) is 26.1 Å². The fourth-order valence-electron chi connectivity index (χ4n) is 1.67. The topological polar surface area (TPSA) is 52.0 Å². The average Bonchev–Trinajstić information content (AvgIpc) is 2.92. The maximum atomic E-state index is 5.01. The van der Waals surface area contributed by atoms with Crippen molar-refractivity contribution in [3.05, 3.63) is 42.6 Å². The van der Waals surface area contributed by atoms with Crippen LogP contribution in [-0.2, 0) is 13.1 Å². The van der Waals surface area contributed by atoms with Crippen LogP contribution in [0.2, 0.25) is 0 Å². The summed E-state index contributed by atoms with van der Waals surface area (Å²) in [6.45, 7) is 2.80. The summed E-state index contributed by atoms with van der Waals surface area (Å²) < 4.78 is 7.09. The summed E-state index contributed by atoms with van der Waals surface area (Å²) in [6.07, 6.45) is 8.54. The third kappa shape index (κ3) is 3.85. The molecule has 0 aliphatic rings. The fourth-order valence-corrected chi connectivity index (χ4v) is 1.67. The molecule has 18 heavy (non-hydrogen) atoms. The Morgan fingerprint density at radius 3 is 3.00 bits per heavy atom. The van der Waals surface area contributed by atoms with Gasteiger partial charge in [0.1, 0.15) is 0 Å². The van der Waals surface area contributed by atoms with Crippen molar-refractivity contribution in [3.8, 4) is 5.88 Å². The lowest BCUT2D eigenvalue weighted by molar-refractivity contribution is 0.397. The minimum absolute atomic E-state index is 0.652. The molecule has 2 aromatic heterocycles. The van der Waals surface area contributed by atoms with E-state index in [1.807, 2.05) is 30.9 Å². The lowest BCUT2D eigenvalue weighted by Gasteiger charge is -2.06. The number of hydrogen-bond acceptors (Lipinski definition) is 4. The lowest BCUT2D eigenvalue weighted by atomic mass is 10.3. The largest absolute Gasteiger partial charge is 0.481 e. The van der Waals surface area contributed by atoms with Gasteiger partial charge in [-0.3, -0.25) is 0 Å². The van der Waals surface area contributed by atoms with Crippen molar-refractivity contribution in [3.63, 3.8) is 0 Å². The van der Waals surface area contributed by atoms with Crippen molar-refractivity contribution in [2.75, 3.05) is 13.7 Å². The van der Waals surface area contributed by atoms with Crippen LogP contribution in [0.5, 0.6) is 5.88 Å². The van der Waals surface area contributed by atoms with E-state index in [4.69, 9.17) is 4.74 Å². The number of ether oxygens (including phenoxy) is 1. The highest BCUT2D eigenvalue weighted by atomic mass is 16.5. The van der Waals surface area contributed by atoms with Gasteiger partial charge < -0.3 is 14.6 Å². The Morgan fingerprint density at radius 2 is 2.33 bits per heavy atom. The molecule has 2 rings (SSSR count). The highest BCUT2D eigenvalue weighted by Gasteiger charge is 1.95. The predicted octanol–water partition coefficient (Wildman–Crippen LogP) is 1.47. The summed E-state index contributed by atoms with van der Waals surface area (Å²) in [6, 6.07) is 3.90. The number of rotatable bonds is 7. The maximum Gasteiger partial charge on any atom is 0.212 e. The summed E-state index contributed by atoms with van der Waals surface area (Å²) in [5.41, 5.74) is 1.17. The minimum Gasteiger partial charge on any atom is -0.481 e. The van der Waals surface area contributed by atoms with Gasteiger partial charge in [-0.2, -0.15) is 0 Å². The molecule has 0 aliphatic carbocycles. The standard InChI is InChI=1S/C13H18N4O/c1-18-13-4-3-12(10-16-13)9-14-5-2-7-17-8-6-15-11-17/h3-4,6,8,10-11,14H,2,5,7,9H2,1H3. The zero-order chi connectivity index (χ0) is 12.6. The van der Waals surface area contributed by atoms with Crippen LogP contribution in [0.3, 0.4) is 0 Å². The number of methoxy groups -OCH3 is 1. The number of nitrogens with zero attached hydrogens (tertiary/aromatic N) is 3. The van der Waals surface area contributed by atoms with Crippen molar-refractivity contribution in [1.29, 1.82) is 0 Å². The van der Waals surface area contributed by atoms with Crippen molar-refractivity contribution in [2.24, 2.45) is 0 Å². The Labute approximate surface area is 107 Å². The molecule has 0 aromatic carbocycles. The molecular formula is C13H18N4O. The fraction of sp³-hybridized carbons (Fsp3) is 0.385. The SMILES string of the molecule is COc1ccc(CNCCCn2ccnc2)cn1. The lowest BCUT2D eigenvalue weighted by Crippen LogP contribution is -2.16. The Bertz CT molecular complexity index is 439. The van der Waals surface area contributed by atoms with Crippen LogP contribution in [0.1, 0.15) is 12.0 Å². The van der Waals surface area contributed by atoms with Gasteiger partial charge in [0.25, 0.3) is 0 Å². The quantitative estimate of drug-likeness (QED) is 0.752. The van der Waals surface area contributed by atoms with Gasteiger partial charge in [0, 0.05) is 37.7 Å². The average molecular weight is 246 g/mol. The van der Waals surface area contributed by atoms with E-state index in [1.54, 1.807) is 13.3 Å². The van der Waals surface area contributed by atoms with Crippen molar-refractivity contribution in [2.45, 2.75) is 19.5 Å². The molecule has 96 valence electrons. The molecule has 0 aliphatic heterocycles. The Kier molecular flexibility index (Phi) is 4.72. The molecule has 5 heteroatoms. The van der Waals surface area contributed by atoms with E-state index in [1.165, 1.54) is 5.56 Å². The first kappa shape index (κ1) is 12.6. The predicted molar refractivity (Wildman–Crippen MR) is 69.3 cm³/mol. The van der Waals surface area contributed by atoms with Gasteiger partial charge in [0.2, 0.25) is 5.88 Å². The molecule has 2 aromatic rings. The molecule has 0 spiro atoms. The van der Waals surface area contributed by atoms with Gasteiger partial charge in [-0.05, 0) is 18.5 Å². The van der Waals surface area contributed by atoms with Crippen LogP contribution in [-0.4, -0.2) is 28.2 Å². The van der Waals surface area contributed by atoms with Crippen LogP contribution in [0.15, 0.2) is 37.1 Å². The molecule has 0 fully saturated rings. The summed E-state index contributed by atoms with van der Waals surface area (Å²) in [7, 11) is 1.62. The van der Waals surface area contributed by atoms with Gasteiger partial charge in [-0.1, -0.05) is 6.07 Å². The van der Waals surface area contributed by atoms with E-state index >= 15 is 0 Å². The zero-order valence-corrected chi connectivity index (χ0v) is 10.5. The summed E-state index contributed by atoms with van der Waals surface area (Å²) in [5, 5.41) is 3.39. The smallest absolute Gasteiger partial charge is 0.212 e. The van der Waals surface area contributed by atoms with Crippen LogP contribution in [0, 0.1) is 0 Å². The van der Waals surface area contributed by atoms with E-state index in [0.29, 0.717) is 5.88 Å². The molecule has 0 saturated heterocycles. The number of hydrogen-bond donors (Lipinski definition) is 1. The van der Waals surface area contributed by atoms with Gasteiger partial charge in [0.15, 0.2) is 0 Å². The Hall–Kier alpha value is -1.88. The Balaban J connectivity index is 1.62. The van der Waals surface area contributed by atoms with Crippen molar-refractivity contribution in [1.82, 2.24) is 19.9 Å². The highest BCUT2D eigenvalue weighted by molar-refractivity contribution is 5.17. The number of aromatic nitrogens is 3. The van der Waals surface area contributed by atoms with E-state index < -0.39 is 0 Å². The van der Waals surface area contributed by atoms with Crippen molar-refractivity contribution >= 4 is 0 Å². The number of imidazole rings is 1. The normalized spacial score (nSPS) is 10.5. The monoisotopic (exact) mass is 246 g/mol. The molecule has 0 bridgehead atoms. The van der Waals surface area contributed by atoms with Gasteiger partial charge >= 0.3 is 0 Å². The van der Waals surface area contributed by atoms with Crippen LogP contribution >= 0.6 is 0 Å². The van der Waals surface area contributed by atoms with Gasteiger partial charge in [-0.15, -0.1) is 0 Å². The Morgan fingerprint density at radius 1 is 1.39 bits per heavy atom. The first-order valence-corrected chi connectivity index (χ1v) is 6.04. The molecule has 1 N–H and O–H groups in total.